The van der Waals surface area contributed by atoms with E-state index < -0.39 is 13.0 Å². The van der Waals surface area contributed by atoms with Crippen molar-refractivity contribution in [3.05, 3.63) is 29.8 Å². The van der Waals surface area contributed by atoms with Crippen molar-refractivity contribution in [3.8, 4) is 5.75 Å². The van der Waals surface area contributed by atoms with Crippen LogP contribution in [0.4, 0.5) is 8.78 Å². The van der Waals surface area contributed by atoms with Crippen LogP contribution in [0.5, 0.6) is 5.75 Å². The highest BCUT2D eigenvalue weighted by molar-refractivity contribution is 5.33. The summed E-state index contributed by atoms with van der Waals surface area (Å²) in [5, 5.41) is 12.7. The van der Waals surface area contributed by atoms with Gasteiger partial charge in [-0.15, -0.1) is 0 Å². The summed E-state index contributed by atoms with van der Waals surface area (Å²) >= 11 is 0. The summed E-state index contributed by atoms with van der Waals surface area (Å²) < 4.78 is 28.3. The van der Waals surface area contributed by atoms with Gasteiger partial charge in [-0.05, 0) is 13.0 Å². The molecule has 0 radical (unpaired) electrons. The molecular formula is C12H17F2NO2. The Bertz CT molecular complexity index is 334. The minimum absolute atomic E-state index is 0.0497. The topological polar surface area (TPSA) is 41.5 Å². The third-order valence-corrected chi connectivity index (χ3v) is 2.34. The molecule has 1 aromatic rings. The Morgan fingerprint density at radius 1 is 1.35 bits per heavy atom. The normalized spacial score (nSPS) is 12.9. The molecule has 0 aliphatic carbocycles. The minimum Gasteiger partial charge on any atom is -0.508 e. The fraction of sp³-hybridized carbons (Fsp3) is 0.500. The van der Waals surface area contributed by atoms with Gasteiger partial charge in [0, 0.05) is 18.2 Å². The molecule has 0 spiro atoms. The second-order valence-electron chi connectivity index (χ2n) is 3.70. The number of hydrogen-bond acceptors (Lipinski definition) is 3. The monoisotopic (exact) mass is 245 g/mol. The van der Waals surface area contributed by atoms with E-state index in [2.05, 4.69) is 5.32 Å². The van der Waals surface area contributed by atoms with Crippen molar-refractivity contribution in [3.63, 3.8) is 0 Å². The maximum absolute atomic E-state index is 11.8. The van der Waals surface area contributed by atoms with Crippen LogP contribution >= 0.6 is 0 Å². The lowest BCUT2D eigenvalue weighted by Crippen LogP contribution is -2.24. The van der Waals surface area contributed by atoms with Crippen molar-refractivity contribution < 1.29 is 18.6 Å². The number of hydrogen-bond donors (Lipinski definition) is 2. The van der Waals surface area contributed by atoms with E-state index in [9.17, 15) is 13.9 Å². The van der Waals surface area contributed by atoms with Crippen molar-refractivity contribution in [2.24, 2.45) is 0 Å². The summed E-state index contributed by atoms with van der Waals surface area (Å²) in [7, 11) is 0. The zero-order valence-corrected chi connectivity index (χ0v) is 9.70. The number of aromatic hydroxyl groups is 1. The average molecular weight is 245 g/mol. The van der Waals surface area contributed by atoms with Gasteiger partial charge >= 0.3 is 0 Å². The first-order valence-corrected chi connectivity index (χ1v) is 5.48. The third kappa shape index (κ3) is 5.10. The predicted octanol–water partition coefficient (Wildman–Crippen LogP) is 2.32. The Balaban J connectivity index is 2.26. The van der Waals surface area contributed by atoms with Gasteiger partial charge in [0.1, 0.15) is 12.4 Å². The molecule has 1 aromatic carbocycles. The van der Waals surface area contributed by atoms with Gasteiger partial charge in [-0.1, -0.05) is 18.2 Å². The number of phenolic OH excluding ortho intramolecular Hbond substituents is 1. The van der Waals surface area contributed by atoms with Gasteiger partial charge in [-0.25, -0.2) is 8.78 Å². The molecule has 0 saturated carbocycles. The second kappa shape index (κ2) is 7.19. The predicted molar refractivity (Wildman–Crippen MR) is 61.3 cm³/mol. The molecule has 2 N–H and O–H groups in total. The fourth-order valence-electron chi connectivity index (χ4n) is 1.48. The van der Waals surface area contributed by atoms with E-state index in [0.29, 0.717) is 6.54 Å². The van der Waals surface area contributed by atoms with Gasteiger partial charge < -0.3 is 15.2 Å². The Hall–Kier alpha value is -1.20. The van der Waals surface area contributed by atoms with E-state index in [0.717, 1.165) is 5.56 Å². The van der Waals surface area contributed by atoms with E-state index >= 15 is 0 Å². The summed E-state index contributed by atoms with van der Waals surface area (Å²) in [6.07, 6.45) is -2.43. The van der Waals surface area contributed by atoms with Crippen LogP contribution in [-0.2, 0) is 4.74 Å². The van der Waals surface area contributed by atoms with Gasteiger partial charge in [0.25, 0.3) is 6.43 Å². The van der Waals surface area contributed by atoms with E-state index in [-0.39, 0.29) is 18.4 Å². The smallest absolute Gasteiger partial charge is 0.261 e. The molecule has 1 atom stereocenters. The number of rotatable bonds is 7. The third-order valence-electron chi connectivity index (χ3n) is 2.34. The molecule has 1 unspecified atom stereocenters. The summed E-state index contributed by atoms with van der Waals surface area (Å²) in [5.74, 6) is 0.223. The van der Waals surface area contributed by atoms with Gasteiger partial charge in [0.2, 0.25) is 0 Å². The number of phenols is 1. The van der Waals surface area contributed by atoms with Crippen LogP contribution in [0.15, 0.2) is 24.3 Å². The highest BCUT2D eigenvalue weighted by Gasteiger charge is 2.08. The Morgan fingerprint density at radius 3 is 2.71 bits per heavy atom. The van der Waals surface area contributed by atoms with Crippen LogP contribution in [-0.4, -0.2) is 31.3 Å². The Kier molecular flexibility index (Phi) is 5.86. The average Bonchev–Trinajstić information content (AvgIpc) is 2.28. The van der Waals surface area contributed by atoms with Gasteiger partial charge in [0.05, 0.1) is 6.61 Å². The summed E-state index contributed by atoms with van der Waals surface area (Å²) in [6, 6.07) is 6.96. The number of ether oxygens (including phenoxy) is 1. The van der Waals surface area contributed by atoms with E-state index in [1.54, 1.807) is 12.1 Å². The summed E-state index contributed by atoms with van der Waals surface area (Å²) in [6.45, 7) is 2.04. The summed E-state index contributed by atoms with van der Waals surface area (Å²) in [4.78, 5) is 0. The lowest BCUT2D eigenvalue weighted by molar-refractivity contribution is 0.0183. The molecule has 96 valence electrons. The van der Waals surface area contributed by atoms with Crippen molar-refractivity contribution in [2.75, 3.05) is 19.8 Å². The zero-order valence-electron chi connectivity index (χ0n) is 9.70. The molecule has 0 saturated heterocycles. The lowest BCUT2D eigenvalue weighted by atomic mass is 10.1. The molecule has 1 rings (SSSR count). The fourth-order valence-corrected chi connectivity index (χ4v) is 1.48. The SMILES string of the molecule is CC(NCCOCC(F)F)c1ccccc1O. The van der Waals surface area contributed by atoms with Crippen LogP contribution in [0.2, 0.25) is 0 Å². The van der Waals surface area contributed by atoms with Crippen LogP contribution in [0.25, 0.3) is 0 Å². The van der Waals surface area contributed by atoms with E-state index in [1.807, 2.05) is 19.1 Å². The van der Waals surface area contributed by atoms with Crippen LogP contribution in [0, 0.1) is 0 Å². The molecular weight excluding hydrogens is 228 g/mol. The van der Waals surface area contributed by atoms with Crippen LogP contribution in [0.1, 0.15) is 18.5 Å². The van der Waals surface area contributed by atoms with Gasteiger partial charge in [0.15, 0.2) is 0 Å². The van der Waals surface area contributed by atoms with Gasteiger partial charge in [-0.3, -0.25) is 0 Å². The first kappa shape index (κ1) is 13.9. The number of alkyl halides is 2. The van der Waals surface area contributed by atoms with E-state index in [4.69, 9.17) is 4.74 Å². The van der Waals surface area contributed by atoms with E-state index in [1.165, 1.54) is 0 Å². The molecule has 0 aliphatic heterocycles. The first-order valence-electron chi connectivity index (χ1n) is 5.48. The Morgan fingerprint density at radius 2 is 2.06 bits per heavy atom. The number of benzene rings is 1. The lowest BCUT2D eigenvalue weighted by Gasteiger charge is -2.15. The maximum atomic E-state index is 11.8. The largest absolute Gasteiger partial charge is 0.508 e. The molecule has 0 heterocycles. The standard InChI is InChI=1S/C12H17F2NO2/c1-9(10-4-2-3-5-11(10)16)15-6-7-17-8-12(13)14/h2-5,9,12,15-16H,6-8H2,1H3. The highest BCUT2D eigenvalue weighted by Crippen LogP contribution is 2.22. The van der Waals surface area contributed by atoms with Crippen molar-refractivity contribution in [1.82, 2.24) is 5.32 Å². The molecule has 5 heteroatoms. The highest BCUT2D eigenvalue weighted by atomic mass is 19.3. The van der Waals surface area contributed by atoms with Crippen molar-refractivity contribution >= 4 is 0 Å². The zero-order chi connectivity index (χ0) is 12.7. The molecule has 17 heavy (non-hydrogen) atoms. The first-order chi connectivity index (χ1) is 8.11. The summed E-state index contributed by atoms with van der Waals surface area (Å²) in [5.41, 5.74) is 0.779. The molecule has 0 bridgehead atoms. The minimum atomic E-state index is -2.43. The molecule has 0 fully saturated rings. The Labute approximate surface area is 99.4 Å². The quantitative estimate of drug-likeness (QED) is 0.724. The molecule has 0 aliphatic rings. The maximum Gasteiger partial charge on any atom is 0.261 e. The van der Waals surface area contributed by atoms with Crippen molar-refractivity contribution in [1.29, 1.82) is 0 Å². The molecule has 0 aromatic heterocycles. The molecule has 3 nitrogen and oxygen atoms in total. The van der Waals surface area contributed by atoms with Crippen molar-refractivity contribution in [2.45, 2.75) is 19.4 Å². The number of nitrogens with one attached hydrogen (secondary N) is 1. The van der Waals surface area contributed by atoms with Gasteiger partial charge in [-0.2, -0.15) is 0 Å². The molecule has 0 amide bonds. The van der Waals surface area contributed by atoms with Crippen LogP contribution in [0.3, 0.4) is 0 Å². The number of para-hydroxylation sites is 1. The second-order valence-corrected chi connectivity index (χ2v) is 3.70. The number of halogens is 2. The van der Waals surface area contributed by atoms with Crippen LogP contribution < -0.4 is 5.32 Å².